The van der Waals surface area contributed by atoms with Crippen molar-refractivity contribution < 1.29 is 4.79 Å². The van der Waals surface area contributed by atoms with E-state index in [-0.39, 0.29) is 11.9 Å². The van der Waals surface area contributed by atoms with E-state index in [4.69, 9.17) is 0 Å². The summed E-state index contributed by atoms with van der Waals surface area (Å²) in [7, 11) is 0. The van der Waals surface area contributed by atoms with Gasteiger partial charge in [0.25, 0.3) is 0 Å². The van der Waals surface area contributed by atoms with Crippen LogP contribution in [0.4, 0.5) is 0 Å². The molecule has 3 rings (SSSR count). The number of aromatic nitrogens is 3. The largest absolute Gasteiger partial charge is 0.351 e. The second kappa shape index (κ2) is 7.28. The van der Waals surface area contributed by atoms with Gasteiger partial charge in [-0.05, 0) is 31.5 Å². The third-order valence-corrected chi connectivity index (χ3v) is 4.02. The fourth-order valence-electron chi connectivity index (χ4n) is 2.93. The second-order valence-corrected chi connectivity index (χ2v) is 5.79. The van der Waals surface area contributed by atoms with Crippen molar-refractivity contribution in [3.63, 3.8) is 0 Å². The summed E-state index contributed by atoms with van der Waals surface area (Å²) in [6, 6.07) is 6.26. The molecule has 23 heavy (non-hydrogen) atoms. The van der Waals surface area contributed by atoms with Crippen LogP contribution in [0.2, 0.25) is 0 Å². The van der Waals surface area contributed by atoms with Gasteiger partial charge in [-0.3, -0.25) is 24.6 Å². The number of nitrogens with one attached hydrogen (secondary N) is 1. The van der Waals surface area contributed by atoms with Crippen molar-refractivity contribution in [2.45, 2.75) is 38.9 Å². The van der Waals surface area contributed by atoms with E-state index in [0.29, 0.717) is 6.54 Å². The zero-order valence-corrected chi connectivity index (χ0v) is 13.3. The van der Waals surface area contributed by atoms with E-state index in [1.807, 2.05) is 30.6 Å². The van der Waals surface area contributed by atoms with E-state index in [2.05, 4.69) is 25.2 Å². The number of amides is 1. The Bertz CT molecular complexity index is 661. The summed E-state index contributed by atoms with van der Waals surface area (Å²) < 4.78 is 0. The summed E-state index contributed by atoms with van der Waals surface area (Å²) in [6.07, 6.45) is 7.59. The van der Waals surface area contributed by atoms with Crippen molar-refractivity contribution >= 4 is 5.91 Å². The molecular weight excluding hydrogens is 290 g/mol. The first kappa shape index (κ1) is 15.6. The molecule has 0 bridgehead atoms. The number of rotatable bonds is 5. The monoisotopic (exact) mass is 311 g/mol. The zero-order chi connectivity index (χ0) is 16.1. The molecule has 0 spiro atoms. The number of pyridine rings is 1. The summed E-state index contributed by atoms with van der Waals surface area (Å²) in [6.45, 7) is 3.79. The third-order valence-electron chi connectivity index (χ3n) is 4.02. The maximum atomic E-state index is 11.0. The van der Waals surface area contributed by atoms with Gasteiger partial charge in [0.1, 0.15) is 0 Å². The van der Waals surface area contributed by atoms with E-state index in [9.17, 15) is 4.79 Å². The van der Waals surface area contributed by atoms with Crippen LogP contribution in [0.3, 0.4) is 0 Å². The summed E-state index contributed by atoms with van der Waals surface area (Å²) in [5.41, 5.74) is 2.84. The molecule has 120 valence electrons. The molecule has 0 unspecified atom stereocenters. The number of carbonyl (C=O) groups excluding carboxylic acids is 1. The maximum Gasteiger partial charge on any atom is 0.217 e. The lowest BCUT2D eigenvalue weighted by Crippen LogP contribution is -2.25. The van der Waals surface area contributed by atoms with Crippen LogP contribution in [0, 0.1) is 0 Å². The zero-order valence-electron chi connectivity index (χ0n) is 13.3. The van der Waals surface area contributed by atoms with Crippen LogP contribution in [0.1, 0.15) is 42.9 Å². The highest BCUT2D eigenvalue weighted by molar-refractivity contribution is 5.72. The predicted molar refractivity (Wildman–Crippen MR) is 86.2 cm³/mol. The minimum Gasteiger partial charge on any atom is -0.351 e. The maximum absolute atomic E-state index is 11.0. The number of carbonyl (C=O) groups is 1. The van der Waals surface area contributed by atoms with Gasteiger partial charge in [-0.2, -0.15) is 0 Å². The third kappa shape index (κ3) is 4.10. The minimum absolute atomic E-state index is 0.0603. The summed E-state index contributed by atoms with van der Waals surface area (Å²) in [4.78, 5) is 26.8. The summed E-state index contributed by atoms with van der Waals surface area (Å²) in [5.74, 6) is -0.0603. The van der Waals surface area contributed by atoms with Crippen molar-refractivity contribution in [1.82, 2.24) is 25.2 Å². The van der Waals surface area contributed by atoms with Crippen LogP contribution in [0.25, 0.3) is 0 Å². The van der Waals surface area contributed by atoms with Gasteiger partial charge in [0, 0.05) is 19.7 Å². The minimum atomic E-state index is -0.0603. The van der Waals surface area contributed by atoms with E-state index in [1.165, 1.54) is 6.92 Å². The molecule has 3 heterocycles. The van der Waals surface area contributed by atoms with Crippen molar-refractivity contribution in [3.05, 3.63) is 53.9 Å². The highest BCUT2D eigenvalue weighted by atomic mass is 16.1. The number of likely N-dealkylation sites (tertiary alicyclic amines) is 1. The SMILES string of the molecule is CC(=O)NCc1cncc([C@@H]2CCCN2Cc2ccccn2)n1. The second-order valence-electron chi connectivity index (χ2n) is 5.79. The molecule has 0 radical (unpaired) electrons. The Morgan fingerprint density at radius 1 is 1.35 bits per heavy atom. The molecule has 1 fully saturated rings. The van der Waals surface area contributed by atoms with E-state index < -0.39 is 0 Å². The molecule has 0 aliphatic carbocycles. The Morgan fingerprint density at radius 3 is 3.04 bits per heavy atom. The van der Waals surface area contributed by atoms with Crippen LogP contribution in [-0.4, -0.2) is 32.3 Å². The molecule has 2 aromatic rings. The van der Waals surface area contributed by atoms with Crippen molar-refractivity contribution in [3.8, 4) is 0 Å². The Kier molecular flexibility index (Phi) is 4.92. The summed E-state index contributed by atoms with van der Waals surface area (Å²) >= 11 is 0. The van der Waals surface area contributed by atoms with Gasteiger partial charge in [0.2, 0.25) is 5.91 Å². The van der Waals surface area contributed by atoms with E-state index in [0.717, 1.165) is 43.0 Å². The molecular formula is C17H21N5O. The first-order chi connectivity index (χ1) is 11.2. The van der Waals surface area contributed by atoms with Gasteiger partial charge in [-0.15, -0.1) is 0 Å². The fraction of sp³-hybridized carbons (Fsp3) is 0.412. The Balaban J connectivity index is 1.72. The van der Waals surface area contributed by atoms with Gasteiger partial charge in [-0.25, -0.2) is 0 Å². The van der Waals surface area contributed by atoms with Gasteiger partial charge >= 0.3 is 0 Å². The normalized spacial score (nSPS) is 18.0. The van der Waals surface area contributed by atoms with Crippen molar-refractivity contribution in [1.29, 1.82) is 0 Å². The quantitative estimate of drug-likeness (QED) is 0.912. The lowest BCUT2D eigenvalue weighted by Gasteiger charge is -2.23. The van der Waals surface area contributed by atoms with Crippen LogP contribution in [0.15, 0.2) is 36.8 Å². The lowest BCUT2D eigenvalue weighted by atomic mass is 10.1. The average molecular weight is 311 g/mol. The molecule has 0 aromatic carbocycles. The Morgan fingerprint density at radius 2 is 2.26 bits per heavy atom. The molecule has 1 N–H and O–H groups in total. The first-order valence-electron chi connectivity index (χ1n) is 7.91. The molecule has 2 aromatic heterocycles. The fourth-order valence-corrected chi connectivity index (χ4v) is 2.93. The van der Waals surface area contributed by atoms with Crippen LogP contribution in [0.5, 0.6) is 0 Å². The molecule has 0 saturated carbocycles. The smallest absolute Gasteiger partial charge is 0.217 e. The van der Waals surface area contributed by atoms with E-state index in [1.54, 1.807) is 6.20 Å². The van der Waals surface area contributed by atoms with Gasteiger partial charge in [0.05, 0.1) is 42.1 Å². The van der Waals surface area contributed by atoms with Crippen molar-refractivity contribution in [2.75, 3.05) is 6.54 Å². The summed E-state index contributed by atoms with van der Waals surface area (Å²) in [5, 5.41) is 2.77. The number of nitrogens with zero attached hydrogens (tertiary/aromatic N) is 4. The number of hydrogen-bond acceptors (Lipinski definition) is 5. The Hall–Kier alpha value is -2.34. The predicted octanol–water partition coefficient (Wildman–Crippen LogP) is 1.84. The van der Waals surface area contributed by atoms with Gasteiger partial charge in [0.15, 0.2) is 0 Å². The molecule has 1 saturated heterocycles. The molecule has 6 nitrogen and oxygen atoms in total. The highest BCUT2D eigenvalue weighted by Gasteiger charge is 2.27. The molecule has 1 aliphatic rings. The molecule has 1 amide bonds. The van der Waals surface area contributed by atoms with Crippen LogP contribution in [-0.2, 0) is 17.9 Å². The Labute approximate surface area is 136 Å². The van der Waals surface area contributed by atoms with Gasteiger partial charge in [-0.1, -0.05) is 6.07 Å². The number of hydrogen-bond donors (Lipinski definition) is 1. The molecule has 1 aliphatic heterocycles. The van der Waals surface area contributed by atoms with Gasteiger partial charge < -0.3 is 5.32 Å². The molecule has 6 heteroatoms. The average Bonchev–Trinajstić information content (AvgIpc) is 3.02. The standard InChI is InChI=1S/C17H21N5O/c1-13(23)20-10-15-9-18-11-16(21-15)17-6-4-8-22(17)12-14-5-2-3-7-19-14/h2-3,5,7,9,11,17H,4,6,8,10,12H2,1H3,(H,20,23)/t17-/m0/s1. The highest BCUT2D eigenvalue weighted by Crippen LogP contribution is 2.31. The van der Waals surface area contributed by atoms with Crippen LogP contribution < -0.4 is 5.32 Å². The first-order valence-corrected chi connectivity index (χ1v) is 7.91. The lowest BCUT2D eigenvalue weighted by molar-refractivity contribution is -0.119. The van der Waals surface area contributed by atoms with Crippen molar-refractivity contribution in [2.24, 2.45) is 0 Å². The topological polar surface area (TPSA) is 71.0 Å². The van der Waals surface area contributed by atoms with Crippen LogP contribution >= 0.6 is 0 Å². The molecule has 1 atom stereocenters. The van der Waals surface area contributed by atoms with E-state index >= 15 is 0 Å².